The van der Waals surface area contributed by atoms with Gasteiger partial charge in [-0.2, -0.15) is 0 Å². The first kappa shape index (κ1) is 15.1. The van der Waals surface area contributed by atoms with E-state index < -0.39 is 0 Å². The summed E-state index contributed by atoms with van der Waals surface area (Å²) in [5.74, 6) is 1.35. The summed E-state index contributed by atoms with van der Waals surface area (Å²) in [6.45, 7) is 0.612. The van der Waals surface area contributed by atoms with Crippen LogP contribution in [0, 0.1) is 0 Å². The van der Waals surface area contributed by atoms with Crippen LogP contribution in [0.5, 0.6) is 11.5 Å². The van der Waals surface area contributed by atoms with E-state index in [2.05, 4.69) is 5.32 Å². The fourth-order valence-electron chi connectivity index (χ4n) is 1.92. The standard InChI is InChI=1S/C17H20N2O2/c18-13-7-6-12-17(20)19-15-10-4-5-11-16(15)21-14-8-2-1-3-9-14/h1-5,8-11H,6-7,12-13,18H2,(H,19,20). The second-order valence-corrected chi connectivity index (χ2v) is 4.71. The summed E-state index contributed by atoms with van der Waals surface area (Å²) in [6, 6.07) is 16.9. The SMILES string of the molecule is NCCCCC(=O)Nc1ccccc1Oc1ccccc1. The number of ether oxygens (including phenoxy) is 1. The van der Waals surface area contributed by atoms with Crippen LogP contribution in [-0.4, -0.2) is 12.5 Å². The minimum absolute atomic E-state index is 0.0208. The van der Waals surface area contributed by atoms with Gasteiger partial charge < -0.3 is 15.8 Å². The number of carbonyl (C=O) groups is 1. The van der Waals surface area contributed by atoms with Gasteiger partial charge in [-0.1, -0.05) is 30.3 Å². The lowest BCUT2D eigenvalue weighted by Gasteiger charge is -2.12. The summed E-state index contributed by atoms with van der Waals surface area (Å²) >= 11 is 0. The Morgan fingerprint density at radius 1 is 1.00 bits per heavy atom. The molecule has 0 unspecified atom stereocenters. The molecule has 0 heterocycles. The van der Waals surface area contributed by atoms with E-state index in [1.807, 2.05) is 54.6 Å². The molecule has 0 aromatic heterocycles. The highest BCUT2D eigenvalue weighted by Gasteiger charge is 2.08. The highest BCUT2D eigenvalue weighted by Crippen LogP contribution is 2.29. The van der Waals surface area contributed by atoms with Gasteiger partial charge in [-0.15, -0.1) is 0 Å². The zero-order valence-corrected chi connectivity index (χ0v) is 11.9. The average Bonchev–Trinajstić information content (AvgIpc) is 2.51. The molecule has 0 atom stereocenters. The number of hydrogen-bond acceptors (Lipinski definition) is 3. The van der Waals surface area contributed by atoms with Crippen molar-refractivity contribution in [3.8, 4) is 11.5 Å². The zero-order chi connectivity index (χ0) is 14.9. The van der Waals surface area contributed by atoms with Gasteiger partial charge in [0.05, 0.1) is 5.69 Å². The Kier molecular flexibility index (Phi) is 5.79. The molecule has 1 amide bonds. The van der Waals surface area contributed by atoms with Crippen LogP contribution in [-0.2, 0) is 4.79 Å². The molecular weight excluding hydrogens is 264 g/mol. The third-order valence-corrected chi connectivity index (χ3v) is 2.99. The molecule has 0 fully saturated rings. The van der Waals surface area contributed by atoms with Gasteiger partial charge >= 0.3 is 0 Å². The number of nitrogens with two attached hydrogens (primary N) is 1. The van der Waals surface area contributed by atoms with Crippen molar-refractivity contribution in [3.63, 3.8) is 0 Å². The second kappa shape index (κ2) is 8.07. The summed E-state index contributed by atoms with van der Waals surface area (Å²) in [7, 11) is 0. The van der Waals surface area contributed by atoms with Gasteiger partial charge in [-0.05, 0) is 43.7 Å². The third kappa shape index (κ3) is 4.93. The predicted octanol–water partition coefficient (Wildman–Crippen LogP) is 3.55. The maximum atomic E-state index is 11.9. The summed E-state index contributed by atoms with van der Waals surface area (Å²) < 4.78 is 5.80. The highest BCUT2D eigenvalue weighted by atomic mass is 16.5. The van der Waals surface area contributed by atoms with Crippen LogP contribution in [0.15, 0.2) is 54.6 Å². The van der Waals surface area contributed by atoms with E-state index in [0.29, 0.717) is 24.4 Å². The van der Waals surface area contributed by atoms with Crippen LogP contribution in [0.3, 0.4) is 0 Å². The van der Waals surface area contributed by atoms with Gasteiger partial charge in [0.2, 0.25) is 5.91 Å². The first-order chi connectivity index (χ1) is 10.3. The van der Waals surface area contributed by atoms with Crippen LogP contribution in [0.25, 0.3) is 0 Å². The average molecular weight is 284 g/mol. The molecule has 0 bridgehead atoms. The number of anilines is 1. The number of carbonyl (C=O) groups excluding carboxylic acids is 1. The van der Waals surface area contributed by atoms with Gasteiger partial charge in [-0.3, -0.25) is 4.79 Å². The molecule has 0 spiro atoms. The Balaban J connectivity index is 2.01. The number of rotatable bonds is 7. The molecule has 2 rings (SSSR count). The summed E-state index contributed by atoms with van der Waals surface area (Å²) in [5, 5.41) is 2.88. The van der Waals surface area contributed by atoms with Gasteiger partial charge in [-0.25, -0.2) is 0 Å². The molecule has 3 N–H and O–H groups in total. The Morgan fingerprint density at radius 3 is 2.48 bits per heavy atom. The number of unbranched alkanes of at least 4 members (excludes halogenated alkanes) is 1. The van der Waals surface area contributed by atoms with E-state index in [1.54, 1.807) is 0 Å². The predicted molar refractivity (Wildman–Crippen MR) is 84.5 cm³/mol. The van der Waals surface area contributed by atoms with Crippen LogP contribution in [0.4, 0.5) is 5.69 Å². The van der Waals surface area contributed by atoms with Crippen molar-refractivity contribution in [3.05, 3.63) is 54.6 Å². The summed E-state index contributed by atoms with van der Waals surface area (Å²) in [4.78, 5) is 11.9. The van der Waals surface area contributed by atoms with E-state index in [9.17, 15) is 4.79 Å². The molecule has 0 aliphatic carbocycles. The molecule has 2 aromatic rings. The van der Waals surface area contributed by atoms with E-state index >= 15 is 0 Å². The normalized spacial score (nSPS) is 10.1. The molecule has 0 radical (unpaired) electrons. The van der Waals surface area contributed by atoms with Crippen molar-refractivity contribution in [1.82, 2.24) is 0 Å². The second-order valence-electron chi connectivity index (χ2n) is 4.71. The van der Waals surface area contributed by atoms with E-state index in [-0.39, 0.29) is 5.91 Å². The minimum atomic E-state index is -0.0208. The molecule has 21 heavy (non-hydrogen) atoms. The van der Waals surface area contributed by atoms with Crippen molar-refractivity contribution in [1.29, 1.82) is 0 Å². The molecule has 0 aliphatic rings. The number of nitrogens with one attached hydrogen (secondary N) is 1. The molecule has 4 heteroatoms. The minimum Gasteiger partial charge on any atom is -0.455 e. The molecule has 4 nitrogen and oxygen atoms in total. The van der Waals surface area contributed by atoms with Gasteiger partial charge in [0.25, 0.3) is 0 Å². The van der Waals surface area contributed by atoms with E-state index in [4.69, 9.17) is 10.5 Å². The summed E-state index contributed by atoms with van der Waals surface area (Å²) in [5.41, 5.74) is 6.11. The van der Waals surface area contributed by atoms with Gasteiger partial charge in [0.1, 0.15) is 5.75 Å². The first-order valence-corrected chi connectivity index (χ1v) is 7.11. The molecule has 2 aromatic carbocycles. The topological polar surface area (TPSA) is 64.4 Å². The van der Waals surface area contributed by atoms with Crippen molar-refractivity contribution in [2.75, 3.05) is 11.9 Å². The summed E-state index contributed by atoms with van der Waals surface area (Å²) in [6.07, 6.45) is 2.12. The molecular formula is C17H20N2O2. The van der Waals surface area contributed by atoms with Crippen molar-refractivity contribution < 1.29 is 9.53 Å². The lowest BCUT2D eigenvalue weighted by atomic mass is 10.2. The Bertz CT molecular complexity index is 570. The highest BCUT2D eigenvalue weighted by molar-refractivity contribution is 5.92. The molecule has 0 saturated carbocycles. The zero-order valence-electron chi connectivity index (χ0n) is 11.9. The first-order valence-electron chi connectivity index (χ1n) is 7.11. The number of hydrogen-bond donors (Lipinski definition) is 2. The van der Waals surface area contributed by atoms with Crippen molar-refractivity contribution in [2.24, 2.45) is 5.73 Å². The lowest BCUT2D eigenvalue weighted by Crippen LogP contribution is -2.12. The smallest absolute Gasteiger partial charge is 0.224 e. The maximum Gasteiger partial charge on any atom is 0.224 e. The largest absolute Gasteiger partial charge is 0.455 e. The molecule has 0 aliphatic heterocycles. The van der Waals surface area contributed by atoms with Gasteiger partial charge in [0.15, 0.2) is 5.75 Å². The molecule has 110 valence electrons. The molecule has 0 saturated heterocycles. The fraction of sp³-hybridized carbons (Fsp3) is 0.235. The van der Waals surface area contributed by atoms with Crippen LogP contribution in [0.1, 0.15) is 19.3 Å². The Labute approximate surface area is 124 Å². The Hall–Kier alpha value is -2.33. The van der Waals surface area contributed by atoms with Crippen molar-refractivity contribution >= 4 is 11.6 Å². The maximum absolute atomic E-state index is 11.9. The van der Waals surface area contributed by atoms with E-state index in [1.165, 1.54) is 0 Å². The Morgan fingerprint density at radius 2 is 1.71 bits per heavy atom. The number of amides is 1. The van der Waals surface area contributed by atoms with Crippen molar-refractivity contribution in [2.45, 2.75) is 19.3 Å². The van der Waals surface area contributed by atoms with Gasteiger partial charge in [0, 0.05) is 6.42 Å². The van der Waals surface area contributed by atoms with Crippen LogP contribution >= 0.6 is 0 Å². The van der Waals surface area contributed by atoms with Crippen LogP contribution < -0.4 is 15.8 Å². The third-order valence-electron chi connectivity index (χ3n) is 2.99. The lowest BCUT2D eigenvalue weighted by molar-refractivity contribution is -0.116. The fourth-order valence-corrected chi connectivity index (χ4v) is 1.92. The quantitative estimate of drug-likeness (QED) is 0.764. The van der Waals surface area contributed by atoms with Crippen LogP contribution in [0.2, 0.25) is 0 Å². The number of benzene rings is 2. The number of para-hydroxylation sites is 3. The monoisotopic (exact) mass is 284 g/mol. The van der Waals surface area contributed by atoms with E-state index in [0.717, 1.165) is 18.6 Å².